The van der Waals surface area contributed by atoms with Gasteiger partial charge >= 0.3 is 5.97 Å². The van der Waals surface area contributed by atoms with Crippen LogP contribution in [-0.4, -0.2) is 18.4 Å². The van der Waals surface area contributed by atoms with Gasteiger partial charge in [-0.2, -0.15) is 0 Å². The molecule has 3 atom stereocenters. The molecule has 0 saturated carbocycles. The van der Waals surface area contributed by atoms with Crippen LogP contribution >= 0.6 is 0 Å². The van der Waals surface area contributed by atoms with Crippen LogP contribution in [0.2, 0.25) is 0 Å². The average Bonchev–Trinajstić information content (AvgIpc) is 2.29. The third-order valence-electron chi connectivity index (χ3n) is 4.60. The van der Waals surface area contributed by atoms with E-state index in [9.17, 15) is 9.59 Å². The molecule has 2 unspecified atom stereocenters. The van der Waals surface area contributed by atoms with Gasteiger partial charge in [0.1, 0.15) is 5.78 Å². The lowest BCUT2D eigenvalue weighted by Gasteiger charge is -2.45. The summed E-state index contributed by atoms with van der Waals surface area (Å²) in [4.78, 5) is 23.8. The third-order valence-corrected chi connectivity index (χ3v) is 4.60. The van der Waals surface area contributed by atoms with Gasteiger partial charge in [-0.1, -0.05) is 25.0 Å². The summed E-state index contributed by atoms with van der Waals surface area (Å²) in [6.07, 6.45) is 2.78. The van der Waals surface area contributed by atoms with Crippen molar-refractivity contribution >= 4 is 11.8 Å². The first-order valence-corrected chi connectivity index (χ1v) is 7.36. The van der Waals surface area contributed by atoms with Gasteiger partial charge in [-0.15, -0.1) is 0 Å². The molecule has 0 aliphatic heterocycles. The van der Waals surface area contributed by atoms with E-state index in [-0.39, 0.29) is 29.5 Å². The number of Topliss-reactive ketones (excluding diaryl/α,β-unsaturated/α-hetero) is 1. The molecule has 0 aromatic carbocycles. The minimum Gasteiger partial charge on any atom is -0.466 e. The first-order valence-electron chi connectivity index (χ1n) is 7.36. The number of rotatable bonds is 4. The van der Waals surface area contributed by atoms with Crippen LogP contribution in [0.3, 0.4) is 0 Å². The van der Waals surface area contributed by atoms with Gasteiger partial charge in [0, 0.05) is 5.92 Å². The summed E-state index contributed by atoms with van der Waals surface area (Å²) < 4.78 is 5.16. The van der Waals surface area contributed by atoms with E-state index in [1.807, 2.05) is 6.92 Å². The number of hydrogen-bond acceptors (Lipinski definition) is 3. The molecule has 0 fully saturated rings. The van der Waals surface area contributed by atoms with E-state index in [4.69, 9.17) is 4.74 Å². The lowest BCUT2D eigenvalue weighted by molar-refractivity contribution is -0.148. The highest BCUT2D eigenvalue weighted by atomic mass is 16.5. The van der Waals surface area contributed by atoms with Crippen molar-refractivity contribution in [2.24, 2.45) is 23.7 Å². The normalized spacial score (nSPS) is 29.8. The fourth-order valence-corrected chi connectivity index (χ4v) is 3.76. The fraction of sp³-hybridized carbons (Fsp3) is 0.750. The molecule has 0 aromatic rings. The molecule has 0 saturated heterocycles. The van der Waals surface area contributed by atoms with Crippen molar-refractivity contribution in [3.63, 3.8) is 0 Å². The second kappa shape index (κ2) is 5.48. The first-order chi connectivity index (χ1) is 8.97. The van der Waals surface area contributed by atoms with E-state index >= 15 is 0 Å². The van der Waals surface area contributed by atoms with Gasteiger partial charge in [0.2, 0.25) is 0 Å². The van der Waals surface area contributed by atoms with Crippen LogP contribution in [0.1, 0.15) is 47.0 Å². The largest absolute Gasteiger partial charge is 0.466 e. The first kappa shape index (κ1) is 14.3. The Balaban J connectivity index is 2.25. The third kappa shape index (κ3) is 2.47. The minimum absolute atomic E-state index is 0.0792. The SMILES string of the molecule is CCOC(=O)C1CC2=C1[C@@H](C(C)C)C(C(C)=O)CC2. The molecule has 0 N–H and O–H groups in total. The minimum atomic E-state index is -0.101. The molecule has 2 aliphatic carbocycles. The molecule has 106 valence electrons. The highest BCUT2D eigenvalue weighted by Crippen LogP contribution is 2.52. The van der Waals surface area contributed by atoms with E-state index in [1.54, 1.807) is 6.92 Å². The van der Waals surface area contributed by atoms with Crippen LogP contribution in [0.15, 0.2) is 11.1 Å². The molecule has 2 rings (SSSR count). The highest BCUT2D eigenvalue weighted by Gasteiger charge is 2.46. The van der Waals surface area contributed by atoms with Crippen molar-refractivity contribution < 1.29 is 14.3 Å². The summed E-state index contributed by atoms with van der Waals surface area (Å²) in [5, 5.41) is 0. The Hall–Kier alpha value is -1.12. The Morgan fingerprint density at radius 1 is 1.37 bits per heavy atom. The summed E-state index contributed by atoms with van der Waals surface area (Å²) in [6.45, 7) is 8.25. The van der Waals surface area contributed by atoms with Crippen molar-refractivity contribution in [2.45, 2.75) is 47.0 Å². The van der Waals surface area contributed by atoms with Crippen LogP contribution in [0.25, 0.3) is 0 Å². The number of carbonyl (C=O) groups is 2. The zero-order valence-electron chi connectivity index (χ0n) is 12.4. The van der Waals surface area contributed by atoms with Crippen LogP contribution in [0, 0.1) is 23.7 Å². The van der Waals surface area contributed by atoms with Crippen LogP contribution in [-0.2, 0) is 14.3 Å². The Morgan fingerprint density at radius 3 is 2.58 bits per heavy atom. The number of ether oxygens (including phenoxy) is 1. The number of allylic oxidation sites excluding steroid dienone is 1. The van der Waals surface area contributed by atoms with E-state index in [1.165, 1.54) is 11.1 Å². The Morgan fingerprint density at radius 2 is 2.05 bits per heavy atom. The van der Waals surface area contributed by atoms with Crippen LogP contribution < -0.4 is 0 Å². The molecule has 0 heterocycles. The summed E-state index contributed by atoms with van der Waals surface area (Å²) in [6, 6.07) is 0. The van der Waals surface area contributed by atoms with Gasteiger partial charge in [0.05, 0.1) is 12.5 Å². The highest BCUT2D eigenvalue weighted by molar-refractivity contribution is 5.83. The van der Waals surface area contributed by atoms with Crippen molar-refractivity contribution in [3.8, 4) is 0 Å². The maximum Gasteiger partial charge on any atom is 0.313 e. The molecule has 0 bridgehead atoms. The van der Waals surface area contributed by atoms with Gasteiger partial charge in [-0.3, -0.25) is 9.59 Å². The Kier molecular flexibility index (Phi) is 4.12. The maximum atomic E-state index is 12.0. The van der Waals surface area contributed by atoms with Crippen molar-refractivity contribution in [3.05, 3.63) is 11.1 Å². The molecule has 19 heavy (non-hydrogen) atoms. The zero-order chi connectivity index (χ0) is 14.2. The molecule has 3 nitrogen and oxygen atoms in total. The Bertz CT molecular complexity index is 420. The molecule has 0 amide bonds. The standard InChI is InChI=1S/C16H24O3/c1-5-19-16(18)13-8-11-6-7-12(10(4)17)14(9(2)3)15(11)13/h9,12-14H,5-8H2,1-4H3/t12?,13?,14-/m0/s1. The molecule has 3 heteroatoms. The molecular formula is C16H24O3. The van der Waals surface area contributed by atoms with Crippen molar-refractivity contribution in [1.82, 2.24) is 0 Å². The average molecular weight is 264 g/mol. The number of carbonyl (C=O) groups excluding carboxylic acids is 2. The van der Waals surface area contributed by atoms with Gasteiger partial charge in [0.15, 0.2) is 0 Å². The van der Waals surface area contributed by atoms with E-state index in [2.05, 4.69) is 13.8 Å². The smallest absolute Gasteiger partial charge is 0.313 e. The maximum absolute atomic E-state index is 12.0. The quantitative estimate of drug-likeness (QED) is 0.578. The summed E-state index contributed by atoms with van der Waals surface area (Å²) in [5.74, 6) is 0.817. The zero-order valence-corrected chi connectivity index (χ0v) is 12.4. The topological polar surface area (TPSA) is 43.4 Å². The summed E-state index contributed by atoms with van der Waals surface area (Å²) in [7, 11) is 0. The number of ketones is 1. The fourth-order valence-electron chi connectivity index (χ4n) is 3.76. The molecule has 0 spiro atoms. The van der Waals surface area contributed by atoms with Gasteiger partial charge < -0.3 is 4.74 Å². The summed E-state index contributed by atoms with van der Waals surface area (Å²) >= 11 is 0. The van der Waals surface area contributed by atoms with Crippen LogP contribution in [0.5, 0.6) is 0 Å². The predicted molar refractivity (Wildman–Crippen MR) is 73.5 cm³/mol. The molecule has 2 aliphatic rings. The Labute approximate surface area is 115 Å². The molecule has 0 radical (unpaired) electrons. The van der Waals surface area contributed by atoms with Crippen molar-refractivity contribution in [2.75, 3.05) is 6.61 Å². The number of hydrogen-bond donors (Lipinski definition) is 0. The van der Waals surface area contributed by atoms with Gasteiger partial charge in [-0.25, -0.2) is 0 Å². The summed E-state index contributed by atoms with van der Waals surface area (Å²) in [5.41, 5.74) is 2.65. The van der Waals surface area contributed by atoms with E-state index in [0.29, 0.717) is 12.5 Å². The molecular weight excluding hydrogens is 240 g/mol. The van der Waals surface area contributed by atoms with Gasteiger partial charge in [-0.05, 0) is 44.9 Å². The second-order valence-electron chi connectivity index (χ2n) is 6.09. The lowest BCUT2D eigenvalue weighted by atomic mass is 9.58. The molecule has 0 aromatic heterocycles. The van der Waals surface area contributed by atoms with E-state index in [0.717, 1.165) is 19.3 Å². The van der Waals surface area contributed by atoms with E-state index < -0.39 is 0 Å². The second-order valence-corrected chi connectivity index (χ2v) is 6.09. The van der Waals surface area contributed by atoms with Crippen molar-refractivity contribution in [1.29, 1.82) is 0 Å². The monoisotopic (exact) mass is 264 g/mol. The number of esters is 1. The van der Waals surface area contributed by atoms with Gasteiger partial charge in [0.25, 0.3) is 0 Å². The predicted octanol–water partition coefficient (Wildman–Crippen LogP) is 3.14. The van der Waals surface area contributed by atoms with Crippen LogP contribution in [0.4, 0.5) is 0 Å². The lowest BCUT2D eigenvalue weighted by Crippen LogP contribution is -2.42.